The van der Waals surface area contributed by atoms with Crippen LogP contribution in [-0.2, 0) is 0 Å². The Balaban J connectivity index is 2.28. The van der Waals surface area contributed by atoms with Crippen molar-refractivity contribution in [1.29, 1.82) is 0 Å². The molecule has 19 heavy (non-hydrogen) atoms. The van der Waals surface area contributed by atoms with E-state index < -0.39 is 5.97 Å². The Morgan fingerprint density at radius 3 is 2.26 bits per heavy atom. The van der Waals surface area contributed by atoms with Gasteiger partial charge in [0.2, 0.25) is 5.88 Å². The minimum atomic E-state index is -0.983. The summed E-state index contributed by atoms with van der Waals surface area (Å²) in [5, 5.41) is 8.94. The molecule has 0 aliphatic carbocycles. The van der Waals surface area contributed by atoms with Crippen LogP contribution in [0, 0.1) is 20.8 Å². The van der Waals surface area contributed by atoms with Crippen LogP contribution in [0.4, 0.5) is 0 Å². The molecule has 0 unspecified atom stereocenters. The van der Waals surface area contributed by atoms with Gasteiger partial charge in [-0.15, -0.1) is 0 Å². The van der Waals surface area contributed by atoms with Crippen molar-refractivity contribution in [2.24, 2.45) is 0 Å². The molecule has 0 aliphatic heterocycles. The normalized spacial score (nSPS) is 10.3. The molecule has 0 saturated carbocycles. The highest BCUT2D eigenvalue weighted by Gasteiger charge is 2.09. The van der Waals surface area contributed by atoms with Crippen LogP contribution in [0.2, 0.25) is 0 Å². The molecule has 1 aromatic carbocycles. The average Bonchev–Trinajstić information content (AvgIpc) is 2.26. The quantitative estimate of drug-likeness (QED) is 0.914. The van der Waals surface area contributed by atoms with E-state index in [-0.39, 0.29) is 5.56 Å². The summed E-state index contributed by atoms with van der Waals surface area (Å²) in [7, 11) is 0. The van der Waals surface area contributed by atoms with E-state index in [4.69, 9.17) is 9.84 Å². The summed E-state index contributed by atoms with van der Waals surface area (Å²) < 4.78 is 5.65. The van der Waals surface area contributed by atoms with Crippen molar-refractivity contribution in [3.63, 3.8) is 0 Å². The Kier molecular flexibility index (Phi) is 3.51. The summed E-state index contributed by atoms with van der Waals surface area (Å²) in [6.45, 7) is 5.63. The molecular weight excluding hydrogens is 242 g/mol. The molecule has 4 heteroatoms. The van der Waals surface area contributed by atoms with Crippen LogP contribution >= 0.6 is 0 Å². The van der Waals surface area contributed by atoms with Crippen molar-refractivity contribution >= 4 is 5.97 Å². The molecule has 0 saturated heterocycles. The van der Waals surface area contributed by atoms with Crippen LogP contribution in [0.1, 0.15) is 27.2 Å². The third-order valence-electron chi connectivity index (χ3n) is 2.71. The number of hydrogen-bond donors (Lipinski definition) is 1. The standard InChI is InChI=1S/C15H15NO3/c1-9-6-10(2)8-12(7-9)19-14-5-4-13(15(17)18)11(3)16-14/h4-8H,1-3H3,(H,17,18). The van der Waals surface area contributed by atoms with E-state index in [2.05, 4.69) is 11.1 Å². The van der Waals surface area contributed by atoms with Gasteiger partial charge < -0.3 is 9.84 Å². The maximum atomic E-state index is 10.9. The predicted molar refractivity (Wildman–Crippen MR) is 71.9 cm³/mol. The van der Waals surface area contributed by atoms with Crippen LogP contribution in [-0.4, -0.2) is 16.1 Å². The lowest BCUT2D eigenvalue weighted by atomic mass is 10.1. The minimum absolute atomic E-state index is 0.188. The number of pyridine rings is 1. The molecule has 1 aromatic heterocycles. The second kappa shape index (κ2) is 5.10. The molecule has 2 aromatic rings. The number of hydrogen-bond acceptors (Lipinski definition) is 3. The molecule has 0 bridgehead atoms. The summed E-state index contributed by atoms with van der Waals surface area (Å²) in [5.74, 6) is 0.114. The van der Waals surface area contributed by atoms with Gasteiger partial charge in [-0.1, -0.05) is 6.07 Å². The Hall–Kier alpha value is -2.36. The largest absolute Gasteiger partial charge is 0.478 e. The third kappa shape index (κ3) is 3.10. The molecule has 0 aliphatic rings. The molecule has 0 amide bonds. The van der Waals surface area contributed by atoms with Crippen LogP contribution in [0.3, 0.4) is 0 Å². The number of aryl methyl sites for hydroxylation is 3. The average molecular weight is 257 g/mol. The van der Waals surface area contributed by atoms with Crippen LogP contribution in [0.25, 0.3) is 0 Å². The van der Waals surface area contributed by atoms with Crippen molar-refractivity contribution in [1.82, 2.24) is 4.98 Å². The highest BCUT2D eigenvalue weighted by molar-refractivity contribution is 5.88. The summed E-state index contributed by atoms with van der Waals surface area (Å²) in [6, 6.07) is 8.94. The number of rotatable bonds is 3. The van der Waals surface area contributed by atoms with E-state index in [0.29, 0.717) is 17.3 Å². The van der Waals surface area contributed by atoms with Gasteiger partial charge in [0, 0.05) is 6.07 Å². The van der Waals surface area contributed by atoms with Crippen LogP contribution < -0.4 is 4.74 Å². The van der Waals surface area contributed by atoms with Gasteiger partial charge in [0.1, 0.15) is 5.75 Å². The van der Waals surface area contributed by atoms with Gasteiger partial charge in [-0.05, 0) is 50.1 Å². The zero-order valence-corrected chi connectivity index (χ0v) is 11.1. The van der Waals surface area contributed by atoms with Gasteiger partial charge in [-0.2, -0.15) is 0 Å². The monoisotopic (exact) mass is 257 g/mol. The molecule has 0 radical (unpaired) electrons. The lowest BCUT2D eigenvalue weighted by molar-refractivity contribution is 0.0695. The van der Waals surface area contributed by atoms with E-state index in [9.17, 15) is 4.79 Å². The Bertz CT molecular complexity index is 615. The van der Waals surface area contributed by atoms with Gasteiger partial charge >= 0.3 is 5.97 Å². The van der Waals surface area contributed by atoms with E-state index in [1.807, 2.05) is 26.0 Å². The summed E-state index contributed by atoms with van der Waals surface area (Å²) >= 11 is 0. The summed E-state index contributed by atoms with van der Waals surface area (Å²) in [5.41, 5.74) is 2.84. The number of aromatic carboxylic acids is 1. The highest BCUT2D eigenvalue weighted by atomic mass is 16.5. The third-order valence-corrected chi connectivity index (χ3v) is 2.71. The second-order valence-corrected chi connectivity index (χ2v) is 4.51. The van der Waals surface area contributed by atoms with Gasteiger partial charge in [0.05, 0.1) is 11.3 Å². The first-order valence-corrected chi connectivity index (χ1v) is 5.93. The lowest BCUT2D eigenvalue weighted by Crippen LogP contribution is -2.02. The van der Waals surface area contributed by atoms with E-state index in [0.717, 1.165) is 11.1 Å². The first kappa shape index (κ1) is 13.1. The van der Waals surface area contributed by atoms with Crippen molar-refractivity contribution in [2.75, 3.05) is 0 Å². The Morgan fingerprint density at radius 1 is 1.11 bits per heavy atom. The fraction of sp³-hybridized carbons (Fsp3) is 0.200. The number of carboxylic acid groups (broad SMARTS) is 1. The smallest absolute Gasteiger partial charge is 0.337 e. The number of ether oxygens (including phenoxy) is 1. The highest BCUT2D eigenvalue weighted by Crippen LogP contribution is 2.23. The van der Waals surface area contributed by atoms with E-state index in [1.165, 1.54) is 6.07 Å². The topological polar surface area (TPSA) is 59.4 Å². The molecule has 1 N–H and O–H groups in total. The minimum Gasteiger partial charge on any atom is -0.478 e. The maximum Gasteiger partial charge on any atom is 0.337 e. The SMILES string of the molecule is Cc1cc(C)cc(Oc2ccc(C(=O)O)c(C)n2)c1. The fourth-order valence-corrected chi connectivity index (χ4v) is 1.93. The molecular formula is C15H15NO3. The molecule has 0 spiro atoms. The van der Waals surface area contributed by atoms with E-state index in [1.54, 1.807) is 13.0 Å². The number of carbonyl (C=O) groups is 1. The van der Waals surface area contributed by atoms with Gasteiger partial charge in [0.15, 0.2) is 0 Å². The Morgan fingerprint density at radius 2 is 1.74 bits per heavy atom. The van der Waals surface area contributed by atoms with E-state index >= 15 is 0 Å². The van der Waals surface area contributed by atoms with Crippen molar-refractivity contribution in [2.45, 2.75) is 20.8 Å². The first-order chi connectivity index (χ1) is 8.95. The number of nitrogens with zero attached hydrogens (tertiary/aromatic N) is 1. The van der Waals surface area contributed by atoms with Crippen molar-refractivity contribution in [3.05, 3.63) is 52.7 Å². The molecule has 98 valence electrons. The lowest BCUT2D eigenvalue weighted by Gasteiger charge is -2.08. The first-order valence-electron chi connectivity index (χ1n) is 5.93. The van der Waals surface area contributed by atoms with Crippen molar-refractivity contribution in [3.8, 4) is 11.6 Å². The summed E-state index contributed by atoms with van der Waals surface area (Å²) in [4.78, 5) is 15.0. The summed E-state index contributed by atoms with van der Waals surface area (Å²) in [6.07, 6.45) is 0. The molecule has 0 fully saturated rings. The Labute approximate surface area is 111 Å². The van der Waals surface area contributed by atoms with Gasteiger partial charge in [-0.3, -0.25) is 0 Å². The molecule has 2 rings (SSSR count). The van der Waals surface area contributed by atoms with Gasteiger partial charge in [-0.25, -0.2) is 9.78 Å². The van der Waals surface area contributed by atoms with Crippen molar-refractivity contribution < 1.29 is 14.6 Å². The predicted octanol–water partition coefficient (Wildman–Crippen LogP) is 3.50. The zero-order chi connectivity index (χ0) is 14.0. The molecule has 4 nitrogen and oxygen atoms in total. The van der Waals surface area contributed by atoms with Crippen LogP contribution in [0.15, 0.2) is 30.3 Å². The molecule has 0 atom stereocenters. The van der Waals surface area contributed by atoms with Gasteiger partial charge in [0.25, 0.3) is 0 Å². The second-order valence-electron chi connectivity index (χ2n) is 4.51. The maximum absolute atomic E-state index is 10.9. The number of aromatic nitrogens is 1. The zero-order valence-electron chi connectivity index (χ0n) is 11.1. The number of benzene rings is 1. The van der Waals surface area contributed by atoms with Crippen LogP contribution in [0.5, 0.6) is 11.6 Å². The fourth-order valence-electron chi connectivity index (χ4n) is 1.93. The number of carboxylic acids is 1. The molecule has 1 heterocycles.